The van der Waals surface area contributed by atoms with Crippen molar-refractivity contribution in [3.63, 3.8) is 0 Å². The predicted octanol–water partition coefficient (Wildman–Crippen LogP) is 3.87. The molecule has 0 aromatic heterocycles. The van der Waals surface area contributed by atoms with Crippen LogP contribution in [0.3, 0.4) is 0 Å². The van der Waals surface area contributed by atoms with Crippen LogP contribution in [0.1, 0.15) is 38.3 Å². The minimum absolute atomic E-state index is 0.303. The van der Waals surface area contributed by atoms with Gasteiger partial charge in [0.2, 0.25) is 0 Å². The second kappa shape index (κ2) is 5.79. The molecule has 0 radical (unpaired) electrons. The van der Waals surface area contributed by atoms with Crippen molar-refractivity contribution in [2.45, 2.75) is 44.8 Å². The smallest absolute Gasteiger partial charge is 0.0468 e. The fourth-order valence-corrected chi connectivity index (χ4v) is 3.39. The average Bonchev–Trinajstić information content (AvgIpc) is 2.28. The van der Waals surface area contributed by atoms with Crippen LogP contribution in [-0.4, -0.2) is 23.5 Å². The van der Waals surface area contributed by atoms with E-state index in [0.29, 0.717) is 23.1 Å². The fourth-order valence-electron chi connectivity index (χ4n) is 2.82. The minimum Gasteiger partial charge on any atom is -0.328 e. The highest BCUT2D eigenvalue weighted by Gasteiger charge is 2.28. The van der Waals surface area contributed by atoms with Crippen molar-refractivity contribution < 1.29 is 0 Å². The Morgan fingerprint density at radius 2 is 2.11 bits per heavy atom. The van der Waals surface area contributed by atoms with Crippen LogP contribution in [0, 0.1) is 0 Å². The summed E-state index contributed by atoms with van der Waals surface area (Å²) in [5, 5.41) is 1.43. The van der Waals surface area contributed by atoms with Crippen molar-refractivity contribution in [3.8, 4) is 0 Å². The largest absolute Gasteiger partial charge is 0.328 e. The lowest BCUT2D eigenvalue weighted by molar-refractivity contribution is 0.104. The molecular formula is C14H20Cl2N2. The zero-order valence-corrected chi connectivity index (χ0v) is 12.4. The van der Waals surface area contributed by atoms with Crippen molar-refractivity contribution in [2.24, 2.45) is 5.73 Å². The normalized spacial score (nSPS) is 27.2. The van der Waals surface area contributed by atoms with Crippen LogP contribution in [0.4, 0.5) is 0 Å². The lowest BCUT2D eigenvalue weighted by Crippen LogP contribution is -2.46. The second-order valence-corrected chi connectivity index (χ2v) is 6.06. The molecule has 1 saturated heterocycles. The van der Waals surface area contributed by atoms with Crippen molar-refractivity contribution in [3.05, 3.63) is 33.8 Å². The summed E-state index contributed by atoms with van der Waals surface area (Å²) in [6, 6.07) is 6.88. The maximum Gasteiger partial charge on any atom is 0.0468 e. The van der Waals surface area contributed by atoms with Crippen LogP contribution in [-0.2, 0) is 0 Å². The van der Waals surface area contributed by atoms with E-state index in [1.54, 1.807) is 0 Å². The van der Waals surface area contributed by atoms with E-state index in [1.807, 2.05) is 18.2 Å². The first-order chi connectivity index (χ1) is 8.49. The first-order valence-electron chi connectivity index (χ1n) is 6.45. The van der Waals surface area contributed by atoms with Crippen molar-refractivity contribution in [2.75, 3.05) is 6.54 Å². The summed E-state index contributed by atoms with van der Waals surface area (Å²) in [6.45, 7) is 5.46. The number of rotatable bonds is 2. The third kappa shape index (κ3) is 3.00. The Hall–Kier alpha value is -0.280. The van der Waals surface area contributed by atoms with Gasteiger partial charge in [0, 0.05) is 34.7 Å². The van der Waals surface area contributed by atoms with E-state index in [-0.39, 0.29) is 0 Å². The summed E-state index contributed by atoms with van der Waals surface area (Å²) < 4.78 is 0. The molecule has 0 amide bonds. The second-order valence-electron chi connectivity index (χ2n) is 5.21. The molecule has 100 valence electrons. The van der Waals surface area contributed by atoms with Gasteiger partial charge in [-0.3, -0.25) is 4.90 Å². The fraction of sp³-hybridized carbons (Fsp3) is 0.571. The van der Waals surface area contributed by atoms with Crippen LogP contribution in [0.5, 0.6) is 0 Å². The summed E-state index contributed by atoms with van der Waals surface area (Å²) in [5.41, 5.74) is 7.15. The van der Waals surface area contributed by atoms with Gasteiger partial charge in [-0.1, -0.05) is 29.3 Å². The lowest BCUT2D eigenvalue weighted by Gasteiger charge is -2.40. The monoisotopic (exact) mass is 286 g/mol. The summed E-state index contributed by atoms with van der Waals surface area (Å²) in [6.07, 6.45) is 2.11. The van der Waals surface area contributed by atoms with E-state index >= 15 is 0 Å². The van der Waals surface area contributed by atoms with Gasteiger partial charge in [0.15, 0.2) is 0 Å². The number of hydrogen-bond acceptors (Lipinski definition) is 2. The minimum atomic E-state index is 0.303. The number of hydrogen-bond donors (Lipinski definition) is 1. The molecular weight excluding hydrogens is 267 g/mol. The van der Waals surface area contributed by atoms with Gasteiger partial charge in [-0.05, 0) is 44.4 Å². The molecule has 0 aliphatic carbocycles. The van der Waals surface area contributed by atoms with E-state index < -0.39 is 0 Å². The molecule has 3 unspecified atom stereocenters. The van der Waals surface area contributed by atoms with Gasteiger partial charge in [-0.15, -0.1) is 0 Å². The van der Waals surface area contributed by atoms with Crippen molar-refractivity contribution in [1.82, 2.24) is 4.90 Å². The zero-order chi connectivity index (χ0) is 13.3. The van der Waals surface area contributed by atoms with E-state index in [2.05, 4.69) is 18.7 Å². The molecule has 3 atom stereocenters. The molecule has 0 bridgehead atoms. The van der Waals surface area contributed by atoms with Crippen LogP contribution in [0.2, 0.25) is 10.0 Å². The Labute approximate surface area is 119 Å². The highest BCUT2D eigenvalue weighted by molar-refractivity contribution is 6.35. The molecule has 1 aromatic rings. The maximum absolute atomic E-state index is 6.28. The third-order valence-corrected chi connectivity index (χ3v) is 4.44. The predicted molar refractivity (Wildman–Crippen MR) is 78.3 cm³/mol. The summed E-state index contributed by atoms with van der Waals surface area (Å²) in [7, 11) is 0. The number of nitrogens with two attached hydrogens (primary N) is 1. The number of halogens is 2. The van der Waals surface area contributed by atoms with E-state index in [4.69, 9.17) is 28.9 Å². The molecule has 1 aromatic carbocycles. The number of benzene rings is 1. The van der Waals surface area contributed by atoms with Gasteiger partial charge in [0.25, 0.3) is 0 Å². The first kappa shape index (κ1) is 14.1. The summed E-state index contributed by atoms with van der Waals surface area (Å²) in [5.74, 6) is 0. The van der Waals surface area contributed by atoms with Gasteiger partial charge in [0.1, 0.15) is 0 Å². The quantitative estimate of drug-likeness (QED) is 0.894. The summed E-state index contributed by atoms with van der Waals surface area (Å²) in [4.78, 5) is 2.47. The molecule has 18 heavy (non-hydrogen) atoms. The van der Waals surface area contributed by atoms with Gasteiger partial charge < -0.3 is 5.73 Å². The van der Waals surface area contributed by atoms with Crippen LogP contribution in [0.25, 0.3) is 0 Å². The Bertz CT molecular complexity index is 422. The van der Waals surface area contributed by atoms with E-state index in [0.717, 1.165) is 30.0 Å². The SMILES string of the molecule is CC1CC(N)CCN1C(C)c1ccc(Cl)cc1Cl. The Morgan fingerprint density at radius 3 is 2.72 bits per heavy atom. The van der Waals surface area contributed by atoms with Crippen LogP contribution >= 0.6 is 23.2 Å². The van der Waals surface area contributed by atoms with Gasteiger partial charge in [-0.2, -0.15) is 0 Å². The standard InChI is InChI=1S/C14H20Cl2N2/c1-9-7-12(17)5-6-18(9)10(2)13-4-3-11(15)8-14(13)16/h3-4,8-10,12H,5-7,17H2,1-2H3. The lowest BCUT2D eigenvalue weighted by atomic mass is 9.95. The number of piperidine rings is 1. The molecule has 2 rings (SSSR count). The van der Waals surface area contributed by atoms with E-state index in [9.17, 15) is 0 Å². The zero-order valence-electron chi connectivity index (χ0n) is 10.9. The summed E-state index contributed by atoms with van der Waals surface area (Å²) >= 11 is 12.2. The topological polar surface area (TPSA) is 29.3 Å². The molecule has 4 heteroatoms. The first-order valence-corrected chi connectivity index (χ1v) is 7.21. The molecule has 1 fully saturated rings. The molecule has 1 heterocycles. The number of likely N-dealkylation sites (tertiary alicyclic amines) is 1. The molecule has 1 aliphatic heterocycles. The highest BCUT2D eigenvalue weighted by Crippen LogP contribution is 2.33. The van der Waals surface area contributed by atoms with Crippen molar-refractivity contribution in [1.29, 1.82) is 0 Å². The Kier molecular flexibility index (Phi) is 4.54. The van der Waals surface area contributed by atoms with E-state index in [1.165, 1.54) is 0 Å². The average molecular weight is 287 g/mol. The molecule has 2 N–H and O–H groups in total. The van der Waals surface area contributed by atoms with Gasteiger partial charge in [0.05, 0.1) is 0 Å². The maximum atomic E-state index is 6.28. The van der Waals surface area contributed by atoms with Gasteiger partial charge in [-0.25, -0.2) is 0 Å². The Morgan fingerprint density at radius 1 is 1.39 bits per heavy atom. The molecule has 1 aliphatic rings. The highest BCUT2D eigenvalue weighted by atomic mass is 35.5. The van der Waals surface area contributed by atoms with Crippen LogP contribution in [0.15, 0.2) is 18.2 Å². The molecule has 2 nitrogen and oxygen atoms in total. The molecule has 0 spiro atoms. The van der Waals surface area contributed by atoms with Crippen LogP contribution < -0.4 is 5.73 Å². The van der Waals surface area contributed by atoms with Crippen molar-refractivity contribution >= 4 is 23.2 Å². The number of nitrogens with zero attached hydrogens (tertiary/aromatic N) is 1. The Balaban J connectivity index is 2.17. The molecule has 0 saturated carbocycles. The van der Waals surface area contributed by atoms with Gasteiger partial charge >= 0.3 is 0 Å². The third-order valence-electron chi connectivity index (χ3n) is 3.88.